The van der Waals surface area contributed by atoms with Crippen molar-refractivity contribution in [2.75, 3.05) is 13.1 Å². The fourth-order valence-electron chi connectivity index (χ4n) is 1.99. The minimum absolute atomic E-state index is 0.133. The molecule has 0 radical (unpaired) electrons. The van der Waals surface area contributed by atoms with Gasteiger partial charge >= 0.3 is 0 Å². The molecule has 82 valence electrons. The van der Waals surface area contributed by atoms with Gasteiger partial charge in [0.05, 0.1) is 0 Å². The lowest BCUT2D eigenvalue weighted by Crippen LogP contribution is -2.43. The third kappa shape index (κ3) is 2.09. The molecule has 2 rings (SSSR count). The van der Waals surface area contributed by atoms with Crippen molar-refractivity contribution in [2.24, 2.45) is 0 Å². The van der Waals surface area contributed by atoms with Gasteiger partial charge in [-0.05, 0) is 37.6 Å². The highest BCUT2D eigenvalue weighted by Gasteiger charge is 2.33. The summed E-state index contributed by atoms with van der Waals surface area (Å²) in [5.41, 5.74) is -0.343. The van der Waals surface area contributed by atoms with Crippen LogP contribution >= 0.6 is 11.6 Å². The van der Waals surface area contributed by atoms with E-state index in [0.717, 1.165) is 13.0 Å². The molecule has 0 amide bonds. The molecule has 1 heterocycles. The van der Waals surface area contributed by atoms with Gasteiger partial charge in [0.25, 0.3) is 0 Å². The minimum Gasteiger partial charge on any atom is -0.508 e. The van der Waals surface area contributed by atoms with Crippen molar-refractivity contribution < 1.29 is 10.2 Å². The van der Waals surface area contributed by atoms with Gasteiger partial charge in [0.1, 0.15) is 11.4 Å². The number of nitrogens with one attached hydrogen (secondary N) is 1. The Labute approximate surface area is 93.7 Å². The van der Waals surface area contributed by atoms with Crippen molar-refractivity contribution in [1.29, 1.82) is 0 Å². The van der Waals surface area contributed by atoms with Crippen molar-refractivity contribution in [3.63, 3.8) is 0 Å². The van der Waals surface area contributed by atoms with Gasteiger partial charge in [0, 0.05) is 17.1 Å². The van der Waals surface area contributed by atoms with Gasteiger partial charge in [0.2, 0.25) is 0 Å². The van der Waals surface area contributed by atoms with Gasteiger partial charge in [0.15, 0.2) is 0 Å². The van der Waals surface area contributed by atoms with E-state index in [4.69, 9.17) is 11.6 Å². The zero-order valence-corrected chi connectivity index (χ0v) is 9.09. The van der Waals surface area contributed by atoms with Crippen LogP contribution in [0.15, 0.2) is 18.2 Å². The molecule has 0 bridgehead atoms. The van der Waals surface area contributed by atoms with Crippen molar-refractivity contribution in [1.82, 2.24) is 5.32 Å². The average molecular weight is 228 g/mol. The molecule has 0 spiro atoms. The lowest BCUT2D eigenvalue weighted by atomic mass is 9.86. The summed E-state index contributed by atoms with van der Waals surface area (Å²) in [5.74, 6) is 0.133. The Kier molecular flexibility index (Phi) is 2.87. The maximum atomic E-state index is 10.4. The monoisotopic (exact) mass is 227 g/mol. The number of phenols is 1. The maximum absolute atomic E-state index is 10.4. The van der Waals surface area contributed by atoms with E-state index in [0.29, 0.717) is 23.6 Å². The summed E-state index contributed by atoms with van der Waals surface area (Å²) in [6.45, 7) is 1.40. The quantitative estimate of drug-likeness (QED) is 0.684. The second-order valence-electron chi connectivity index (χ2n) is 3.98. The van der Waals surface area contributed by atoms with Gasteiger partial charge in [-0.15, -0.1) is 0 Å². The van der Waals surface area contributed by atoms with Crippen molar-refractivity contribution in [3.05, 3.63) is 28.8 Å². The molecule has 0 aromatic heterocycles. The largest absolute Gasteiger partial charge is 0.508 e. The molecule has 1 aliphatic rings. The second kappa shape index (κ2) is 4.00. The highest BCUT2D eigenvalue weighted by molar-refractivity contribution is 6.31. The van der Waals surface area contributed by atoms with Crippen LogP contribution in [0.1, 0.15) is 18.4 Å². The van der Waals surface area contributed by atoms with Crippen LogP contribution in [-0.2, 0) is 5.60 Å². The summed E-state index contributed by atoms with van der Waals surface area (Å²) in [7, 11) is 0. The number of hydrogen-bond acceptors (Lipinski definition) is 3. The minimum atomic E-state index is -0.950. The number of phenolic OH excluding ortho intramolecular Hbond substituents is 1. The summed E-state index contributed by atoms with van der Waals surface area (Å²) >= 11 is 6.02. The highest BCUT2D eigenvalue weighted by atomic mass is 35.5. The number of hydrogen-bond donors (Lipinski definition) is 3. The van der Waals surface area contributed by atoms with Crippen molar-refractivity contribution in [2.45, 2.75) is 18.4 Å². The second-order valence-corrected chi connectivity index (χ2v) is 4.38. The zero-order valence-electron chi connectivity index (χ0n) is 8.33. The van der Waals surface area contributed by atoms with Crippen LogP contribution in [0.4, 0.5) is 0 Å². The van der Waals surface area contributed by atoms with Gasteiger partial charge < -0.3 is 15.5 Å². The van der Waals surface area contributed by atoms with E-state index in [1.165, 1.54) is 12.1 Å². The number of piperidine rings is 1. The predicted octanol–water partition coefficient (Wildman–Crippen LogP) is 1.62. The summed E-state index contributed by atoms with van der Waals surface area (Å²) in [4.78, 5) is 0. The Morgan fingerprint density at radius 2 is 2.20 bits per heavy atom. The van der Waals surface area contributed by atoms with E-state index in [9.17, 15) is 10.2 Å². The van der Waals surface area contributed by atoms with E-state index in [2.05, 4.69) is 5.32 Å². The van der Waals surface area contributed by atoms with Gasteiger partial charge in [-0.1, -0.05) is 11.6 Å². The fourth-order valence-corrected chi connectivity index (χ4v) is 2.28. The third-order valence-corrected chi connectivity index (χ3v) is 3.14. The Morgan fingerprint density at radius 1 is 1.40 bits per heavy atom. The standard InChI is InChI=1S/C11H14ClNO2/c12-10-3-2-8(14)6-9(10)11(15)4-1-5-13-7-11/h2-3,6,13-15H,1,4-5,7H2. The molecule has 3 nitrogen and oxygen atoms in total. The predicted molar refractivity (Wildman–Crippen MR) is 59.1 cm³/mol. The van der Waals surface area contributed by atoms with Crippen LogP contribution in [0.3, 0.4) is 0 Å². The number of aliphatic hydroxyl groups is 1. The molecule has 3 N–H and O–H groups in total. The maximum Gasteiger partial charge on any atom is 0.116 e. The average Bonchev–Trinajstić information content (AvgIpc) is 2.23. The van der Waals surface area contributed by atoms with Crippen LogP contribution in [0.2, 0.25) is 5.02 Å². The molecule has 0 aliphatic carbocycles. The molecule has 1 aromatic rings. The van der Waals surface area contributed by atoms with E-state index >= 15 is 0 Å². The molecule has 1 aliphatic heterocycles. The van der Waals surface area contributed by atoms with Crippen LogP contribution in [0, 0.1) is 0 Å². The lowest BCUT2D eigenvalue weighted by Gasteiger charge is -2.33. The Hall–Kier alpha value is -0.770. The molecule has 1 fully saturated rings. The SMILES string of the molecule is Oc1ccc(Cl)c(C2(O)CCCNC2)c1. The number of β-amino-alcohol motifs (C(OH)–C–C–N with tert-alkyl or cyclic N) is 1. The summed E-state index contributed by atoms with van der Waals surface area (Å²) < 4.78 is 0. The number of rotatable bonds is 1. The molecule has 1 aromatic carbocycles. The van der Waals surface area contributed by atoms with Crippen LogP contribution in [-0.4, -0.2) is 23.3 Å². The molecular formula is C11H14ClNO2. The fraction of sp³-hybridized carbons (Fsp3) is 0.455. The van der Waals surface area contributed by atoms with Crippen molar-refractivity contribution >= 4 is 11.6 Å². The van der Waals surface area contributed by atoms with Crippen molar-refractivity contribution in [3.8, 4) is 5.75 Å². The van der Waals surface area contributed by atoms with Gasteiger partial charge in [-0.2, -0.15) is 0 Å². The molecule has 1 atom stereocenters. The first-order chi connectivity index (χ1) is 7.12. The van der Waals surface area contributed by atoms with Crippen LogP contribution < -0.4 is 5.32 Å². The Morgan fingerprint density at radius 3 is 2.87 bits per heavy atom. The number of aromatic hydroxyl groups is 1. The molecule has 1 saturated heterocycles. The lowest BCUT2D eigenvalue weighted by molar-refractivity contribution is 0.0122. The Bertz CT molecular complexity index is 362. The van der Waals surface area contributed by atoms with Gasteiger partial charge in [-0.3, -0.25) is 0 Å². The zero-order chi connectivity index (χ0) is 10.9. The molecule has 15 heavy (non-hydrogen) atoms. The number of benzene rings is 1. The molecule has 4 heteroatoms. The summed E-state index contributed by atoms with van der Waals surface area (Å²) in [5, 5.41) is 23.4. The summed E-state index contributed by atoms with van der Waals surface area (Å²) in [6, 6.07) is 4.67. The van der Waals surface area contributed by atoms with E-state index in [1.807, 2.05) is 0 Å². The van der Waals surface area contributed by atoms with Crippen LogP contribution in [0.5, 0.6) is 5.75 Å². The first-order valence-electron chi connectivity index (χ1n) is 5.04. The highest BCUT2D eigenvalue weighted by Crippen LogP contribution is 2.35. The normalized spacial score (nSPS) is 26.5. The Balaban J connectivity index is 2.38. The van der Waals surface area contributed by atoms with E-state index in [1.54, 1.807) is 6.07 Å². The first kappa shape index (κ1) is 10.7. The number of halogens is 1. The smallest absolute Gasteiger partial charge is 0.116 e. The van der Waals surface area contributed by atoms with E-state index < -0.39 is 5.60 Å². The third-order valence-electron chi connectivity index (χ3n) is 2.81. The first-order valence-corrected chi connectivity index (χ1v) is 5.42. The summed E-state index contributed by atoms with van der Waals surface area (Å²) in [6.07, 6.45) is 1.58. The topological polar surface area (TPSA) is 52.5 Å². The molecular weight excluding hydrogens is 214 g/mol. The molecule has 0 saturated carbocycles. The molecule has 1 unspecified atom stereocenters. The van der Waals surface area contributed by atoms with Crippen LogP contribution in [0.25, 0.3) is 0 Å². The van der Waals surface area contributed by atoms with E-state index in [-0.39, 0.29) is 5.75 Å². The van der Waals surface area contributed by atoms with Gasteiger partial charge in [-0.25, -0.2) is 0 Å².